The lowest BCUT2D eigenvalue weighted by Gasteiger charge is -2.13. The Kier molecular flexibility index (Phi) is 6.90. The zero-order valence-electron chi connectivity index (χ0n) is 13.9. The van der Waals surface area contributed by atoms with E-state index in [-0.39, 0.29) is 11.0 Å². The van der Waals surface area contributed by atoms with Crippen LogP contribution >= 0.6 is 51.5 Å². The van der Waals surface area contributed by atoms with E-state index < -0.39 is 0 Å². The molecule has 0 aliphatic rings. The summed E-state index contributed by atoms with van der Waals surface area (Å²) < 4.78 is 0.712. The van der Waals surface area contributed by atoms with E-state index in [0.717, 1.165) is 15.5 Å². The van der Waals surface area contributed by atoms with E-state index in [9.17, 15) is 4.79 Å². The highest BCUT2D eigenvalue weighted by Crippen LogP contribution is 2.33. The number of benzene rings is 3. The number of para-hydroxylation sites is 1. The van der Waals surface area contributed by atoms with Gasteiger partial charge in [0.2, 0.25) is 0 Å². The van der Waals surface area contributed by atoms with Gasteiger partial charge < -0.3 is 5.32 Å². The number of amides is 1. The van der Waals surface area contributed by atoms with Crippen molar-refractivity contribution in [3.63, 3.8) is 0 Å². The van der Waals surface area contributed by atoms with Crippen molar-refractivity contribution < 1.29 is 4.79 Å². The summed E-state index contributed by atoms with van der Waals surface area (Å²) in [5, 5.41) is 6.74. The Morgan fingerprint density at radius 2 is 1.63 bits per heavy atom. The first-order valence-corrected chi connectivity index (χ1v) is 10.3. The SMILES string of the molecule is O=C(NC(=S)Nc1ccccc1Sc1ccc(Cl)cc1)c1ccccc1Br. The normalized spacial score (nSPS) is 10.3. The lowest BCUT2D eigenvalue weighted by Crippen LogP contribution is -2.34. The summed E-state index contributed by atoms with van der Waals surface area (Å²) in [6.45, 7) is 0. The van der Waals surface area contributed by atoms with Crippen LogP contribution < -0.4 is 10.6 Å². The average molecular weight is 478 g/mol. The molecule has 3 aromatic rings. The third-order valence-corrected chi connectivity index (χ3v) is 5.75. The van der Waals surface area contributed by atoms with Gasteiger partial charge in [0, 0.05) is 19.3 Å². The summed E-state index contributed by atoms with van der Waals surface area (Å²) in [5.74, 6) is -0.275. The molecule has 0 aliphatic heterocycles. The van der Waals surface area contributed by atoms with Gasteiger partial charge in [-0.2, -0.15) is 0 Å². The molecule has 1 amide bonds. The van der Waals surface area contributed by atoms with E-state index in [2.05, 4.69) is 26.6 Å². The molecule has 0 aliphatic carbocycles. The highest BCUT2D eigenvalue weighted by molar-refractivity contribution is 9.10. The number of nitrogens with one attached hydrogen (secondary N) is 2. The predicted molar refractivity (Wildman–Crippen MR) is 120 cm³/mol. The van der Waals surface area contributed by atoms with Gasteiger partial charge in [0.25, 0.3) is 5.91 Å². The Morgan fingerprint density at radius 3 is 2.37 bits per heavy atom. The largest absolute Gasteiger partial charge is 0.331 e. The molecule has 136 valence electrons. The molecule has 3 aromatic carbocycles. The molecule has 0 radical (unpaired) electrons. The molecule has 3 nitrogen and oxygen atoms in total. The fourth-order valence-corrected chi connectivity index (χ4v) is 3.95. The second-order valence-electron chi connectivity index (χ2n) is 5.44. The van der Waals surface area contributed by atoms with E-state index in [0.29, 0.717) is 15.1 Å². The average Bonchev–Trinajstić information content (AvgIpc) is 2.65. The van der Waals surface area contributed by atoms with E-state index in [4.69, 9.17) is 23.8 Å². The van der Waals surface area contributed by atoms with Crippen molar-refractivity contribution >= 4 is 68.2 Å². The van der Waals surface area contributed by atoms with Crippen LogP contribution in [0.2, 0.25) is 5.02 Å². The zero-order valence-corrected chi connectivity index (χ0v) is 17.9. The number of rotatable bonds is 4. The van der Waals surface area contributed by atoms with Gasteiger partial charge in [0.05, 0.1) is 11.3 Å². The van der Waals surface area contributed by atoms with Crippen molar-refractivity contribution in [2.45, 2.75) is 9.79 Å². The van der Waals surface area contributed by atoms with Crippen molar-refractivity contribution in [1.29, 1.82) is 0 Å². The molecule has 2 N–H and O–H groups in total. The summed E-state index contributed by atoms with van der Waals surface area (Å²) in [7, 11) is 0. The first-order chi connectivity index (χ1) is 13.0. The minimum atomic E-state index is -0.275. The molecular formula is C20H14BrClN2OS2. The van der Waals surface area contributed by atoms with E-state index in [1.54, 1.807) is 23.9 Å². The standard InChI is InChI=1S/C20H14BrClN2OS2/c21-16-6-2-1-5-15(16)19(25)24-20(26)23-17-7-3-4-8-18(17)27-14-11-9-13(22)10-12-14/h1-12H,(H2,23,24,25,26). The maximum Gasteiger partial charge on any atom is 0.258 e. The summed E-state index contributed by atoms with van der Waals surface area (Å²) in [6.07, 6.45) is 0. The minimum absolute atomic E-state index is 0.236. The second-order valence-corrected chi connectivity index (χ2v) is 8.25. The molecule has 0 atom stereocenters. The van der Waals surface area contributed by atoms with Crippen LogP contribution in [0.4, 0.5) is 5.69 Å². The van der Waals surface area contributed by atoms with E-state index >= 15 is 0 Å². The van der Waals surface area contributed by atoms with Crippen molar-refractivity contribution in [3.05, 3.63) is 87.9 Å². The molecule has 0 bridgehead atoms. The highest BCUT2D eigenvalue weighted by Gasteiger charge is 2.12. The van der Waals surface area contributed by atoms with Crippen LogP contribution in [0.15, 0.2) is 87.1 Å². The predicted octanol–water partition coefficient (Wildman–Crippen LogP) is 6.38. The Bertz CT molecular complexity index is 980. The molecule has 0 spiro atoms. The first-order valence-electron chi connectivity index (χ1n) is 7.92. The number of anilines is 1. The van der Waals surface area contributed by atoms with Gasteiger partial charge in [-0.25, -0.2) is 0 Å². The minimum Gasteiger partial charge on any atom is -0.331 e. The molecule has 3 rings (SSSR count). The number of carbonyl (C=O) groups excluding carboxylic acids is 1. The highest BCUT2D eigenvalue weighted by atomic mass is 79.9. The van der Waals surface area contributed by atoms with Crippen LogP contribution in [0.25, 0.3) is 0 Å². The van der Waals surface area contributed by atoms with Crippen LogP contribution in [0.3, 0.4) is 0 Å². The second kappa shape index (κ2) is 9.37. The van der Waals surface area contributed by atoms with Crippen LogP contribution in [0.5, 0.6) is 0 Å². The lowest BCUT2D eigenvalue weighted by molar-refractivity contribution is 0.0977. The van der Waals surface area contributed by atoms with Crippen molar-refractivity contribution in [3.8, 4) is 0 Å². The summed E-state index contributed by atoms with van der Waals surface area (Å²) >= 11 is 16.2. The summed E-state index contributed by atoms with van der Waals surface area (Å²) in [4.78, 5) is 14.4. The third kappa shape index (κ3) is 5.56. The first kappa shape index (κ1) is 19.9. The Labute approximate surface area is 180 Å². The summed E-state index contributed by atoms with van der Waals surface area (Å²) in [6, 6.07) is 22.6. The topological polar surface area (TPSA) is 41.1 Å². The Balaban J connectivity index is 1.70. The van der Waals surface area contributed by atoms with Gasteiger partial charge in [0.15, 0.2) is 5.11 Å². The van der Waals surface area contributed by atoms with Gasteiger partial charge in [-0.05, 0) is 76.7 Å². The van der Waals surface area contributed by atoms with Crippen LogP contribution in [-0.2, 0) is 0 Å². The quantitative estimate of drug-likeness (QED) is 0.428. The Morgan fingerprint density at radius 1 is 0.963 bits per heavy atom. The molecule has 27 heavy (non-hydrogen) atoms. The molecule has 0 fully saturated rings. The molecule has 0 saturated heterocycles. The van der Waals surface area contributed by atoms with Gasteiger partial charge in [-0.3, -0.25) is 10.1 Å². The number of carbonyl (C=O) groups is 1. The number of hydrogen-bond acceptors (Lipinski definition) is 3. The van der Waals surface area contributed by atoms with Crippen molar-refractivity contribution in [2.75, 3.05) is 5.32 Å². The zero-order chi connectivity index (χ0) is 19.2. The van der Waals surface area contributed by atoms with Crippen molar-refractivity contribution in [1.82, 2.24) is 5.32 Å². The van der Waals surface area contributed by atoms with Gasteiger partial charge >= 0.3 is 0 Å². The fraction of sp³-hybridized carbons (Fsp3) is 0. The third-order valence-electron chi connectivity index (χ3n) is 3.52. The van der Waals surface area contributed by atoms with Crippen LogP contribution in [-0.4, -0.2) is 11.0 Å². The van der Waals surface area contributed by atoms with Gasteiger partial charge in [-0.1, -0.05) is 47.6 Å². The number of thiocarbonyl (C=S) groups is 1. The van der Waals surface area contributed by atoms with E-state index in [1.807, 2.05) is 60.7 Å². The van der Waals surface area contributed by atoms with Crippen LogP contribution in [0, 0.1) is 0 Å². The molecule has 0 aromatic heterocycles. The number of hydrogen-bond donors (Lipinski definition) is 2. The van der Waals surface area contributed by atoms with E-state index in [1.165, 1.54) is 0 Å². The van der Waals surface area contributed by atoms with Gasteiger partial charge in [-0.15, -0.1) is 0 Å². The number of halogens is 2. The lowest BCUT2D eigenvalue weighted by atomic mass is 10.2. The molecule has 0 saturated carbocycles. The van der Waals surface area contributed by atoms with Crippen molar-refractivity contribution in [2.24, 2.45) is 0 Å². The molecule has 0 unspecified atom stereocenters. The van der Waals surface area contributed by atoms with Crippen LogP contribution in [0.1, 0.15) is 10.4 Å². The Hall–Kier alpha value is -1.86. The monoisotopic (exact) mass is 476 g/mol. The maximum atomic E-state index is 12.4. The fourth-order valence-electron chi connectivity index (χ4n) is 2.26. The molecule has 7 heteroatoms. The smallest absolute Gasteiger partial charge is 0.258 e. The molecule has 0 heterocycles. The van der Waals surface area contributed by atoms with Gasteiger partial charge in [0.1, 0.15) is 0 Å². The summed E-state index contributed by atoms with van der Waals surface area (Å²) in [5.41, 5.74) is 1.33. The maximum absolute atomic E-state index is 12.4. The molecular weight excluding hydrogens is 464 g/mol.